The molecular weight excluding hydrogens is 306 g/mol. The van der Waals surface area contributed by atoms with Crippen LogP contribution in [-0.2, 0) is 9.53 Å². The summed E-state index contributed by atoms with van der Waals surface area (Å²) in [7, 11) is 0. The molecule has 1 fully saturated rings. The number of alkyl carbamates (subject to hydrolysis) is 1. The lowest BCUT2D eigenvalue weighted by molar-refractivity contribution is -0.119. The molecule has 0 spiro atoms. The molecule has 2 heterocycles. The third-order valence-electron chi connectivity index (χ3n) is 3.17. The molecule has 0 saturated carbocycles. The maximum Gasteiger partial charge on any atom is 0.407 e. The molecule has 0 bridgehead atoms. The molecule has 1 atom stereocenters. The summed E-state index contributed by atoms with van der Waals surface area (Å²) in [6, 6.07) is 1.46. The predicted octanol–water partition coefficient (Wildman–Crippen LogP) is 2.76. The van der Waals surface area contributed by atoms with Gasteiger partial charge in [-0.05, 0) is 33.3 Å². The van der Waals surface area contributed by atoms with Gasteiger partial charge >= 0.3 is 6.09 Å². The Morgan fingerprint density at radius 3 is 2.86 bits per heavy atom. The molecule has 1 aliphatic heterocycles. The lowest BCUT2D eigenvalue weighted by Gasteiger charge is -2.33. The minimum atomic E-state index is -0.555. The fourth-order valence-electron chi connectivity index (χ4n) is 2.24. The SMILES string of the molecule is CC(C)(C)OC(=O)NC1CCC(=O)N(c2cnccc2Cl)C1. The fourth-order valence-corrected chi connectivity index (χ4v) is 2.45. The lowest BCUT2D eigenvalue weighted by atomic mass is 10.0. The van der Waals surface area contributed by atoms with Crippen LogP contribution in [0.1, 0.15) is 33.6 Å². The summed E-state index contributed by atoms with van der Waals surface area (Å²) in [5.41, 5.74) is 0.00540. The summed E-state index contributed by atoms with van der Waals surface area (Å²) in [6.07, 6.45) is 3.55. The smallest absolute Gasteiger partial charge is 0.407 e. The zero-order chi connectivity index (χ0) is 16.3. The van der Waals surface area contributed by atoms with E-state index in [9.17, 15) is 9.59 Å². The van der Waals surface area contributed by atoms with Gasteiger partial charge in [-0.2, -0.15) is 0 Å². The minimum absolute atomic E-state index is 0.0304. The van der Waals surface area contributed by atoms with E-state index >= 15 is 0 Å². The van der Waals surface area contributed by atoms with Crippen LogP contribution in [0.25, 0.3) is 0 Å². The number of nitrogens with zero attached hydrogens (tertiary/aromatic N) is 2. The highest BCUT2D eigenvalue weighted by Crippen LogP contribution is 2.27. The number of anilines is 1. The van der Waals surface area contributed by atoms with Crippen molar-refractivity contribution in [3.8, 4) is 0 Å². The Labute approximate surface area is 134 Å². The number of ether oxygens (including phenoxy) is 1. The quantitative estimate of drug-likeness (QED) is 0.907. The third kappa shape index (κ3) is 4.34. The first-order chi connectivity index (χ1) is 10.3. The summed E-state index contributed by atoms with van der Waals surface area (Å²) < 4.78 is 5.24. The molecule has 7 heteroatoms. The topological polar surface area (TPSA) is 71.5 Å². The van der Waals surface area contributed by atoms with Gasteiger partial charge in [-0.3, -0.25) is 9.78 Å². The highest BCUT2D eigenvalue weighted by atomic mass is 35.5. The second-order valence-electron chi connectivity index (χ2n) is 6.21. The molecule has 1 N–H and O–H groups in total. The average Bonchev–Trinajstić information content (AvgIpc) is 2.39. The molecular formula is C15H20ClN3O3. The number of hydrogen-bond acceptors (Lipinski definition) is 4. The number of amides is 2. The van der Waals surface area contributed by atoms with Gasteiger partial charge in [0.1, 0.15) is 5.60 Å². The number of nitrogens with one attached hydrogen (secondary N) is 1. The van der Waals surface area contributed by atoms with Crippen LogP contribution in [0.4, 0.5) is 10.5 Å². The number of hydrogen-bond donors (Lipinski definition) is 1. The van der Waals surface area contributed by atoms with Gasteiger partial charge in [0.25, 0.3) is 0 Å². The van der Waals surface area contributed by atoms with Gasteiger partial charge in [0.2, 0.25) is 5.91 Å². The maximum atomic E-state index is 12.1. The van der Waals surface area contributed by atoms with E-state index in [0.29, 0.717) is 30.1 Å². The maximum absolute atomic E-state index is 12.1. The van der Waals surface area contributed by atoms with Gasteiger partial charge in [0.15, 0.2) is 0 Å². The van der Waals surface area contributed by atoms with Gasteiger partial charge in [-0.15, -0.1) is 0 Å². The highest BCUT2D eigenvalue weighted by Gasteiger charge is 2.30. The molecule has 1 saturated heterocycles. The summed E-state index contributed by atoms with van der Waals surface area (Å²) >= 11 is 6.12. The Morgan fingerprint density at radius 1 is 1.50 bits per heavy atom. The number of carbonyl (C=O) groups excluding carboxylic acids is 2. The van der Waals surface area contributed by atoms with E-state index in [4.69, 9.17) is 16.3 Å². The molecule has 1 aromatic heterocycles. The van der Waals surface area contributed by atoms with E-state index in [-0.39, 0.29) is 11.9 Å². The Hall–Kier alpha value is -1.82. The number of rotatable bonds is 2. The molecule has 22 heavy (non-hydrogen) atoms. The molecule has 0 aliphatic carbocycles. The van der Waals surface area contributed by atoms with Crippen molar-refractivity contribution in [2.24, 2.45) is 0 Å². The Bertz CT molecular complexity index is 571. The Kier molecular flexibility index (Phi) is 4.90. The van der Waals surface area contributed by atoms with Crippen molar-refractivity contribution >= 4 is 29.3 Å². The molecule has 0 aromatic carbocycles. The van der Waals surface area contributed by atoms with Gasteiger partial charge in [-0.25, -0.2) is 4.79 Å². The van der Waals surface area contributed by atoms with Crippen molar-refractivity contribution in [1.29, 1.82) is 0 Å². The molecule has 1 aromatic rings. The van der Waals surface area contributed by atoms with E-state index < -0.39 is 11.7 Å². The minimum Gasteiger partial charge on any atom is -0.444 e. The van der Waals surface area contributed by atoms with Crippen molar-refractivity contribution in [3.05, 3.63) is 23.5 Å². The van der Waals surface area contributed by atoms with Crippen LogP contribution in [0.3, 0.4) is 0 Å². The first-order valence-electron chi connectivity index (χ1n) is 7.15. The van der Waals surface area contributed by atoms with Crippen LogP contribution in [0.2, 0.25) is 5.02 Å². The van der Waals surface area contributed by atoms with Crippen molar-refractivity contribution in [2.75, 3.05) is 11.4 Å². The molecule has 2 amide bonds. The number of carbonyl (C=O) groups is 2. The third-order valence-corrected chi connectivity index (χ3v) is 3.49. The summed E-state index contributed by atoms with van der Waals surface area (Å²) in [6.45, 7) is 5.76. The summed E-state index contributed by atoms with van der Waals surface area (Å²) in [4.78, 5) is 29.5. The van der Waals surface area contributed by atoms with Gasteiger partial charge < -0.3 is 15.0 Å². The second-order valence-corrected chi connectivity index (χ2v) is 6.62. The van der Waals surface area contributed by atoms with Crippen molar-refractivity contribution < 1.29 is 14.3 Å². The first-order valence-corrected chi connectivity index (χ1v) is 7.53. The number of aromatic nitrogens is 1. The van der Waals surface area contributed by atoms with Crippen LogP contribution in [0, 0.1) is 0 Å². The number of pyridine rings is 1. The van der Waals surface area contributed by atoms with Crippen LogP contribution in [0.5, 0.6) is 0 Å². The van der Waals surface area contributed by atoms with Crippen LogP contribution >= 0.6 is 11.6 Å². The summed E-state index contributed by atoms with van der Waals surface area (Å²) in [5.74, 6) is -0.0304. The number of piperidine rings is 1. The van der Waals surface area contributed by atoms with Gasteiger partial charge in [-0.1, -0.05) is 11.6 Å². The van der Waals surface area contributed by atoms with Crippen molar-refractivity contribution in [3.63, 3.8) is 0 Å². The highest BCUT2D eigenvalue weighted by molar-refractivity contribution is 6.33. The molecule has 2 rings (SSSR count). The first kappa shape index (κ1) is 16.5. The van der Waals surface area contributed by atoms with E-state index in [2.05, 4.69) is 10.3 Å². The Morgan fingerprint density at radius 2 is 2.23 bits per heavy atom. The normalized spacial score (nSPS) is 19.0. The largest absolute Gasteiger partial charge is 0.444 e. The zero-order valence-electron chi connectivity index (χ0n) is 12.9. The molecule has 120 valence electrons. The summed E-state index contributed by atoms with van der Waals surface area (Å²) in [5, 5.41) is 3.26. The van der Waals surface area contributed by atoms with Crippen molar-refractivity contribution in [2.45, 2.75) is 45.3 Å². The average molecular weight is 326 g/mol. The van der Waals surface area contributed by atoms with Crippen molar-refractivity contribution in [1.82, 2.24) is 10.3 Å². The van der Waals surface area contributed by atoms with Crippen LogP contribution in [0.15, 0.2) is 18.5 Å². The van der Waals surface area contributed by atoms with Crippen LogP contribution < -0.4 is 10.2 Å². The Balaban J connectivity index is 2.04. The second kappa shape index (κ2) is 6.52. The molecule has 6 nitrogen and oxygen atoms in total. The number of halogens is 1. The van der Waals surface area contributed by atoms with E-state index in [1.807, 2.05) is 0 Å². The molecule has 1 unspecified atom stereocenters. The van der Waals surface area contributed by atoms with Gasteiger partial charge in [0, 0.05) is 19.2 Å². The predicted molar refractivity (Wildman–Crippen MR) is 84.0 cm³/mol. The van der Waals surface area contributed by atoms with Crippen LogP contribution in [-0.4, -0.2) is 35.2 Å². The standard InChI is InChI=1S/C15H20ClN3O3/c1-15(2,3)22-14(21)18-10-4-5-13(20)19(9-10)12-8-17-7-6-11(12)16/h6-8,10H,4-5,9H2,1-3H3,(H,18,21). The monoisotopic (exact) mass is 325 g/mol. The molecule has 0 radical (unpaired) electrons. The van der Waals surface area contributed by atoms with E-state index in [1.165, 1.54) is 0 Å². The molecule has 1 aliphatic rings. The van der Waals surface area contributed by atoms with Gasteiger partial charge in [0.05, 0.1) is 22.9 Å². The fraction of sp³-hybridized carbons (Fsp3) is 0.533. The zero-order valence-corrected chi connectivity index (χ0v) is 13.7. The lowest BCUT2D eigenvalue weighted by Crippen LogP contribution is -2.51. The van der Waals surface area contributed by atoms with E-state index in [1.54, 1.807) is 44.1 Å². The van der Waals surface area contributed by atoms with E-state index in [0.717, 1.165) is 0 Å².